The molecule has 1 aromatic rings. The third-order valence-corrected chi connectivity index (χ3v) is 3.14. The van der Waals surface area contributed by atoms with Gasteiger partial charge in [-0.15, -0.1) is 0 Å². The predicted octanol–water partition coefficient (Wildman–Crippen LogP) is 2.37. The van der Waals surface area contributed by atoms with Gasteiger partial charge in [0.1, 0.15) is 5.75 Å². The fourth-order valence-corrected chi connectivity index (χ4v) is 1.71. The third kappa shape index (κ3) is 4.45. The van der Waals surface area contributed by atoms with Crippen LogP contribution in [0.2, 0.25) is 0 Å². The number of nitrogens with two attached hydrogens (primary N) is 1. The summed E-state index contributed by atoms with van der Waals surface area (Å²) in [6.45, 7) is 1.06. The Morgan fingerprint density at radius 3 is 2.40 bits per heavy atom. The van der Waals surface area contributed by atoms with Crippen molar-refractivity contribution >= 4 is 5.91 Å². The molecule has 1 amide bonds. The maximum atomic E-state index is 12.1. The molecule has 112 valence electrons. The molecule has 1 unspecified atom stereocenters. The van der Waals surface area contributed by atoms with E-state index in [2.05, 4.69) is 4.74 Å². The molecule has 0 aliphatic heterocycles. The standard InChI is InChI=1S/C14H20F2N2O2/c1-4-14(2,17)12(19)18(3)9-10-5-7-11(8-6-10)20-13(15)16/h5-8,13H,4,9,17H2,1-3H3. The number of amides is 1. The van der Waals surface area contributed by atoms with E-state index in [1.165, 1.54) is 17.0 Å². The van der Waals surface area contributed by atoms with Gasteiger partial charge in [0.25, 0.3) is 0 Å². The molecule has 2 N–H and O–H groups in total. The second-order valence-corrected chi connectivity index (χ2v) is 4.95. The zero-order valence-corrected chi connectivity index (χ0v) is 11.9. The van der Waals surface area contributed by atoms with Gasteiger partial charge in [-0.1, -0.05) is 19.1 Å². The summed E-state index contributed by atoms with van der Waals surface area (Å²) in [5.41, 5.74) is 5.82. The second-order valence-electron chi connectivity index (χ2n) is 4.95. The van der Waals surface area contributed by atoms with Crippen LogP contribution in [0, 0.1) is 0 Å². The van der Waals surface area contributed by atoms with Crippen molar-refractivity contribution in [2.45, 2.75) is 39.0 Å². The Morgan fingerprint density at radius 1 is 1.40 bits per heavy atom. The van der Waals surface area contributed by atoms with Crippen molar-refractivity contribution in [3.05, 3.63) is 29.8 Å². The monoisotopic (exact) mass is 286 g/mol. The summed E-state index contributed by atoms with van der Waals surface area (Å²) in [4.78, 5) is 13.6. The summed E-state index contributed by atoms with van der Waals surface area (Å²) < 4.78 is 28.3. The lowest BCUT2D eigenvalue weighted by Crippen LogP contribution is -2.51. The van der Waals surface area contributed by atoms with E-state index in [0.717, 1.165) is 5.56 Å². The molecule has 0 bridgehead atoms. The molecule has 0 aliphatic rings. The second kappa shape index (κ2) is 6.65. The number of halogens is 2. The Kier molecular flexibility index (Phi) is 5.44. The fourth-order valence-electron chi connectivity index (χ4n) is 1.71. The highest BCUT2D eigenvalue weighted by atomic mass is 19.3. The van der Waals surface area contributed by atoms with Gasteiger partial charge in [0.05, 0.1) is 5.54 Å². The molecular formula is C14H20F2N2O2. The minimum absolute atomic E-state index is 0.0925. The normalized spacial score (nSPS) is 13.9. The number of alkyl halides is 2. The molecule has 1 atom stereocenters. The Bertz CT molecular complexity index is 447. The summed E-state index contributed by atoms with van der Waals surface area (Å²) in [6.07, 6.45) is 0.539. The van der Waals surface area contributed by atoms with Gasteiger partial charge in [-0.2, -0.15) is 8.78 Å². The van der Waals surface area contributed by atoms with E-state index in [4.69, 9.17) is 5.73 Å². The molecule has 0 saturated carbocycles. The van der Waals surface area contributed by atoms with Gasteiger partial charge in [-0.25, -0.2) is 0 Å². The molecule has 0 aliphatic carbocycles. The molecule has 0 aromatic heterocycles. The van der Waals surface area contributed by atoms with E-state index in [0.29, 0.717) is 13.0 Å². The van der Waals surface area contributed by atoms with Gasteiger partial charge >= 0.3 is 6.61 Å². The van der Waals surface area contributed by atoms with Gasteiger partial charge in [-0.3, -0.25) is 4.79 Å². The summed E-state index contributed by atoms with van der Waals surface area (Å²) in [5, 5.41) is 0. The Hall–Kier alpha value is -1.69. The van der Waals surface area contributed by atoms with Crippen LogP contribution in [0.1, 0.15) is 25.8 Å². The largest absolute Gasteiger partial charge is 0.435 e. The maximum Gasteiger partial charge on any atom is 0.387 e. The first-order valence-electron chi connectivity index (χ1n) is 6.34. The number of rotatable bonds is 6. The summed E-state index contributed by atoms with van der Waals surface area (Å²) >= 11 is 0. The van der Waals surface area contributed by atoms with E-state index >= 15 is 0 Å². The minimum Gasteiger partial charge on any atom is -0.435 e. The van der Waals surface area contributed by atoms with Crippen LogP contribution in [-0.2, 0) is 11.3 Å². The summed E-state index contributed by atoms with van der Waals surface area (Å²) in [6, 6.07) is 6.17. The number of nitrogens with zero attached hydrogens (tertiary/aromatic N) is 1. The number of carbonyl (C=O) groups is 1. The van der Waals surface area contributed by atoms with Gasteiger partial charge in [0.2, 0.25) is 5.91 Å². The van der Waals surface area contributed by atoms with Crippen molar-refractivity contribution in [1.29, 1.82) is 0 Å². The quantitative estimate of drug-likeness (QED) is 0.873. The van der Waals surface area contributed by atoms with E-state index in [1.54, 1.807) is 26.1 Å². The molecule has 6 heteroatoms. The maximum absolute atomic E-state index is 12.1. The molecule has 0 fully saturated rings. The van der Waals surface area contributed by atoms with Crippen molar-refractivity contribution in [2.24, 2.45) is 5.73 Å². The van der Waals surface area contributed by atoms with Crippen molar-refractivity contribution in [1.82, 2.24) is 4.90 Å². The van der Waals surface area contributed by atoms with E-state index in [9.17, 15) is 13.6 Å². The Balaban J connectivity index is 2.67. The van der Waals surface area contributed by atoms with Crippen LogP contribution >= 0.6 is 0 Å². The van der Waals surface area contributed by atoms with Crippen LogP contribution in [0.5, 0.6) is 5.75 Å². The summed E-state index contributed by atoms with van der Waals surface area (Å²) in [5.74, 6) is -0.0668. The van der Waals surface area contributed by atoms with Crippen molar-refractivity contribution < 1.29 is 18.3 Å². The van der Waals surface area contributed by atoms with Crippen LogP contribution in [0.4, 0.5) is 8.78 Å². The molecular weight excluding hydrogens is 266 g/mol. The smallest absolute Gasteiger partial charge is 0.387 e. The predicted molar refractivity (Wildman–Crippen MR) is 72.4 cm³/mol. The van der Waals surface area contributed by atoms with Gasteiger partial charge < -0.3 is 15.4 Å². The van der Waals surface area contributed by atoms with Crippen LogP contribution in [0.15, 0.2) is 24.3 Å². The highest BCUT2D eigenvalue weighted by molar-refractivity contribution is 5.85. The van der Waals surface area contributed by atoms with Gasteiger partial charge in [0, 0.05) is 13.6 Å². The van der Waals surface area contributed by atoms with Crippen molar-refractivity contribution in [3.8, 4) is 5.75 Å². The van der Waals surface area contributed by atoms with Crippen LogP contribution < -0.4 is 10.5 Å². The Labute approximate surface area is 117 Å². The number of hydrogen-bond acceptors (Lipinski definition) is 3. The average molecular weight is 286 g/mol. The molecule has 4 nitrogen and oxygen atoms in total. The van der Waals surface area contributed by atoms with E-state index in [-0.39, 0.29) is 11.7 Å². The molecule has 20 heavy (non-hydrogen) atoms. The van der Waals surface area contributed by atoms with Crippen LogP contribution in [-0.4, -0.2) is 30.0 Å². The van der Waals surface area contributed by atoms with E-state index in [1.807, 2.05) is 6.92 Å². The van der Waals surface area contributed by atoms with Crippen molar-refractivity contribution in [2.75, 3.05) is 7.05 Å². The van der Waals surface area contributed by atoms with Crippen molar-refractivity contribution in [3.63, 3.8) is 0 Å². The molecule has 0 saturated heterocycles. The van der Waals surface area contributed by atoms with Crippen LogP contribution in [0.3, 0.4) is 0 Å². The lowest BCUT2D eigenvalue weighted by Gasteiger charge is -2.28. The Morgan fingerprint density at radius 2 is 1.95 bits per heavy atom. The highest BCUT2D eigenvalue weighted by Crippen LogP contribution is 2.17. The molecule has 1 rings (SSSR count). The topological polar surface area (TPSA) is 55.6 Å². The minimum atomic E-state index is -2.84. The first kappa shape index (κ1) is 16.4. The number of ether oxygens (including phenoxy) is 1. The average Bonchev–Trinajstić information content (AvgIpc) is 2.39. The first-order valence-corrected chi connectivity index (χ1v) is 6.34. The van der Waals surface area contributed by atoms with Gasteiger partial charge in [0.15, 0.2) is 0 Å². The molecule has 0 radical (unpaired) electrons. The van der Waals surface area contributed by atoms with Crippen LogP contribution in [0.25, 0.3) is 0 Å². The highest BCUT2D eigenvalue weighted by Gasteiger charge is 2.28. The molecule has 0 spiro atoms. The number of benzene rings is 1. The zero-order chi connectivity index (χ0) is 15.3. The number of hydrogen-bond donors (Lipinski definition) is 1. The molecule has 0 heterocycles. The van der Waals surface area contributed by atoms with Gasteiger partial charge in [-0.05, 0) is 31.0 Å². The fraction of sp³-hybridized carbons (Fsp3) is 0.500. The first-order chi connectivity index (χ1) is 9.26. The molecule has 1 aromatic carbocycles. The number of likely N-dealkylation sites (N-methyl/N-ethyl adjacent to an activating group) is 1. The van der Waals surface area contributed by atoms with E-state index < -0.39 is 12.2 Å². The lowest BCUT2D eigenvalue weighted by molar-refractivity contribution is -0.135. The lowest BCUT2D eigenvalue weighted by atomic mass is 9.98. The summed E-state index contributed by atoms with van der Waals surface area (Å²) in [7, 11) is 1.66. The third-order valence-electron chi connectivity index (χ3n) is 3.14. The SMILES string of the molecule is CCC(C)(N)C(=O)N(C)Cc1ccc(OC(F)F)cc1. The zero-order valence-electron chi connectivity index (χ0n) is 11.9. The number of carbonyl (C=O) groups excluding carboxylic acids is 1.